The highest BCUT2D eigenvalue weighted by molar-refractivity contribution is 5.92. The van der Waals surface area contributed by atoms with Crippen LogP contribution in [-0.2, 0) is 7.05 Å². The van der Waals surface area contributed by atoms with Crippen LogP contribution in [0.3, 0.4) is 0 Å². The fourth-order valence-corrected chi connectivity index (χ4v) is 1.83. The molecule has 0 aliphatic heterocycles. The van der Waals surface area contributed by atoms with Gasteiger partial charge in [-0.15, -0.1) is 0 Å². The molecule has 4 heteroatoms. The van der Waals surface area contributed by atoms with Crippen molar-refractivity contribution in [2.24, 2.45) is 7.05 Å². The lowest BCUT2D eigenvalue weighted by Crippen LogP contribution is -1.95. The summed E-state index contributed by atoms with van der Waals surface area (Å²) < 4.78 is 1.77. The molecule has 1 aromatic carbocycles. The summed E-state index contributed by atoms with van der Waals surface area (Å²) in [5.74, 6) is 0.860. The van der Waals surface area contributed by atoms with Crippen LogP contribution in [0.5, 0.6) is 0 Å². The predicted octanol–water partition coefficient (Wildman–Crippen LogP) is 2.03. The first-order valence-corrected chi connectivity index (χ1v) is 5.04. The summed E-state index contributed by atoms with van der Waals surface area (Å²) in [4.78, 5) is 8.58. The van der Waals surface area contributed by atoms with Gasteiger partial charge in [0.2, 0.25) is 0 Å². The number of para-hydroxylation sites is 1. The molecule has 0 radical (unpaired) electrons. The number of hydrogen-bond acceptors (Lipinski definition) is 3. The Morgan fingerprint density at radius 2 is 1.94 bits per heavy atom. The van der Waals surface area contributed by atoms with E-state index in [0.717, 1.165) is 22.3 Å². The molecule has 0 spiro atoms. The number of aromatic nitrogens is 4. The standard InChI is InChI=1S/C12H10N4/c1-16-12(14-8-15-16)10-6-7-13-11-5-3-2-4-9(10)11/h2-8H,1H3. The van der Waals surface area contributed by atoms with Gasteiger partial charge in [-0.3, -0.25) is 4.98 Å². The van der Waals surface area contributed by atoms with Crippen molar-refractivity contribution >= 4 is 10.9 Å². The summed E-state index contributed by atoms with van der Waals surface area (Å²) in [6, 6.07) is 9.99. The van der Waals surface area contributed by atoms with Crippen LogP contribution in [0.4, 0.5) is 0 Å². The second-order valence-electron chi connectivity index (χ2n) is 3.58. The highest BCUT2D eigenvalue weighted by Crippen LogP contribution is 2.24. The fraction of sp³-hybridized carbons (Fsp3) is 0.0833. The van der Waals surface area contributed by atoms with Crippen LogP contribution in [0.15, 0.2) is 42.9 Å². The van der Waals surface area contributed by atoms with Gasteiger partial charge in [0.1, 0.15) is 6.33 Å². The highest BCUT2D eigenvalue weighted by Gasteiger charge is 2.08. The molecule has 3 aromatic rings. The number of aryl methyl sites for hydroxylation is 1. The molecule has 2 aromatic heterocycles. The molecule has 0 saturated carbocycles. The molecule has 0 fully saturated rings. The summed E-state index contributed by atoms with van der Waals surface area (Å²) in [5.41, 5.74) is 2.04. The number of hydrogen-bond donors (Lipinski definition) is 0. The van der Waals surface area contributed by atoms with Crippen molar-refractivity contribution in [2.75, 3.05) is 0 Å². The molecule has 4 nitrogen and oxygen atoms in total. The minimum atomic E-state index is 0.860. The van der Waals surface area contributed by atoms with Crippen LogP contribution in [-0.4, -0.2) is 19.7 Å². The SMILES string of the molecule is Cn1ncnc1-c1ccnc2ccccc12. The van der Waals surface area contributed by atoms with Gasteiger partial charge in [0.05, 0.1) is 5.52 Å². The number of benzene rings is 1. The van der Waals surface area contributed by atoms with Crippen LogP contribution in [0.1, 0.15) is 0 Å². The third kappa shape index (κ3) is 1.27. The topological polar surface area (TPSA) is 43.6 Å². The summed E-state index contributed by atoms with van der Waals surface area (Å²) in [6.45, 7) is 0. The van der Waals surface area contributed by atoms with Crippen LogP contribution in [0.25, 0.3) is 22.3 Å². The molecular formula is C12H10N4. The Hall–Kier alpha value is -2.23. The van der Waals surface area contributed by atoms with Gasteiger partial charge in [0.25, 0.3) is 0 Å². The third-order valence-electron chi connectivity index (χ3n) is 2.60. The Bertz CT molecular complexity index is 637. The van der Waals surface area contributed by atoms with Crippen molar-refractivity contribution in [2.45, 2.75) is 0 Å². The van der Waals surface area contributed by atoms with Crippen molar-refractivity contribution in [1.82, 2.24) is 19.7 Å². The summed E-state index contributed by atoms with van der Waals surface area (Å²) in [6.07, 6.45) is 3.36. The molecule has 2 heterocycles. The minimum absolute atomic E-state index is 0.860. The lowest BCUT2D eigenvalue weighted by molar-refractivity contribution is 0.775. The number of rotatable bonds is 1. The second kappa shape index (κ2) is 3.41. The summed E-state index contributed by atoms with van der Waals surface area (Å²) >= 11 is 0. The Balaban J connectivity index is 2.36. The Morgan fingerprint density at radius 3 is 2.75 bits per heavy atom. The first kappa shape index (κ1) is 9.03. The maximum absolute atomic E-state index is 4.32. The molecule has 0 N–H and O–H groups in total. The maximum Gasteiger partial charge on any atom is 0.158 e. The Morgan fingerprint density at radius 1 is 1.06 bits per heavy atom. The molecule has 0 aliphatic rings. The second-order valence-corrected chi connectivity index (χ2v) is 3.58. The van der Waals surface area contributed by atoms with Gasteiger partial charge in [-0.05, 0) is 12.1 Å². The zero-order valence-corrected chi connectivity index (χ0v) is 8.83. The van der Waals surface area contributed by atoms with E-state index in [0.29, 0.717) is 0 Å². The lowest BCUT2D eigenvalue weighted by atomic mass is 10.1. The van der Waals surface area contributed by atoms with Gasteiger partial charge in [0.15, 0.2) is 5.82 Å². The smallest absolute Gasteiger partial charge is 0.158 e. The Labute approximate surface area is 92.6 Å². The van der Waals surface area contributed by atoms with Crippen molar-refractivity contribution in [3.63, 3.8) is 0 Å². The van der Waals surface area contributed by atoms with E-state index in [1.54, 1.807) is 17.2 Å². The molecule has 0 amide bonds. The van der Waals surface area contributed by atoms with Crippen molar-refractivity contribution in [3.05, 3.63) is 42.9 Å². The van der Waals surface area contributed by atoms with E-state index >= 15 is 0 Å². The average Bonchev–Trinajstić information content (AvgIpc) is 2.75. The van der Waals surface area contributed by atoms with Crippen LogP contribution in [0.2, 0.25) is 0 Å². The highest BCUT2D eigenvalue weighted by atomic mass is 15.3. The number of nitrogens with zero attached hydrogens (tertiary/aromatic N) is 4. The van der Waals surface area contributed by atoms with Gasteiger partial charge in [0, 0.05) is 24.2 Å². The van der Waals surface area contributed by atoms with Crippen LogP contribution in [0, 0.1) is 0 Å². The maximum atomic E-state index is 4.32. The van der Waals surface area contributed by atoms with Gasteiger partial charge >= 0.3 is 0 Å². The van der Waals surface area contributed by atoms with Crippen molar-refractivity contribution in [3.8, 4) is 11.4 Å². The normalized spacial score (nSPS) is 10.8. The van der Waals surface area contributed by atoms with Crippen molar-refractivity contribution < 1.29 is 0 Å². The zero-order valence-electron chi connectivity index (χ0n) is 8.83. The van der Waals surface area contributed by atoms with E-state index in [9.17, 15) is 0 Å². The number of pyridine rings is 1. The minimum Gasteiger partial charge on any atom is -0.256 e. The summed E-state index contributed by atoms with van der Waals surface area (Å²) in [7, 11) is 1.89. The van der Waals surface area contributed by atoms with E-state index in [4.69, 9.17) is 0 Å². The van der Waals surface area contributed by atoms with E-state index < -0.39 is 0 Å². The Kier molecular flexibility index (Phi) is 1.93. The predicted molar refractivity (Wildman–Crippen MR) is 61.7 cm³/mol. The molecular weight excluding hydrogens is 200 g/mol. The monoisotopic (exact) mass is 210 g/mol. The van der Waals surface area contributed by atoms with Crippen LogP contribution < -0.4 is 0 Å². The van der Waals surface area contributed by atoms with Gasteiger partial charge in [-0.1, -0.05) is 18.2 Å². The number of fused-ring (bicyclic) bond motifs is 1. The lowest BCUT2D eigenvalue weighted by Gasteiger charge is -2.04. The third-order valence-corrected chi connectivity index (χ3v) is 2.60. The molecule has 78 valence electrons. The van der Waals surface area contributed by atoms with E-state index in [2.05, 4.69) is 15.1 Å². The van der Waals surface area contributed by atoms with Gasteiger partial charge < -0.3 is 0 Å². The first-order chi connectivity index (χ1) is 7.86. The average molecular weight is 210 g/mol. The first-order valence-electron chi connectivity index (χ1n) is 5.04. The largest absolute Gasteiger partial charge is 0.256 e. The van der Waals surface area contributed by atoms with E-state index in [-0.39, 0.29) is 0 Å². The van der Waals surface area contributed by atoms with Crippen LogP contribution >= 0.6 is 0 Å². The van der Waals surface area contributed by atoms with E-state index in [1.807, 2.05) is 37.4 Å². The quantitative estimate of drug-likeness (QED) is 0.617. The molecule has 0 unspecified atom stereocenters. The fourth-order valence-electron chi connectivity index (χ4n) is 1.83. The molecule has 0 bridgehead atoms. The zero-order chi connectivity index (χ0) is 11.0. The van der Waals surface area contributed by atoms with Gasteiger partial charge in [-0.2, -0.15) is 5.10 Å². The molecule has 16 heavy (non-hydrogen) atoms. The van der Waals surface area contributed by atoms with Crippen molar-refractivity contribution in [1.29, 1.82) is 0 Å². The molecule has 0 atom stereocenters. The summed E-state index contributed by atoms with van der Waals surface area (Å²) in [5, 5.41) is 5.18. The molecule has 3 rings (SSSR count). The molecule has 0 saturated heterocycles. The van der Waals surface area contributed by atoms with E-state index in [1.165, 1.54) is 0 Å². The molecule has 0 aliphatic carbocycles. The van der Waals surface area contributed by atoms with Gasteiger partial charge in [-0.25, -0.2) is 9.67 Å².